The van der Waals surface area contributed by atoms with E-state index in [0.29, 0.717) is 17.6 Å². The molecule has 4 nitrogen and oxygen atoms in total. The van der Waals surface area contributed by atoms with Gasteiger partial charge in [-0.05, 0) is 72.7 Å². The molecule has 144 valence electrons. The molecule has 1 N–H and O–H groups in total. The molecule has 1 aliphatic carbocycles. The van der Waals surface area contributed by atoms with Crippen molar-refractivity contribution in [2.45, 2.75) is 50.9 Å². The summed E-state index contributed by atoms with van der Waals surface area (Å²) in [5, 5.41) is 11.4. The predicted molar refractivity (Wildman–Crippen MR) is 107 cm³/mol. The number of benzene rings is 1. The van der Waals surface area contributed by atoms with Crippen LogP contribution in [-0.4, -0.2) is 35.7 Å². The zero-order valence-electron chi connectivity index (χ0n) is 15.8. The van der Waals surface area contributed by atoms with Crippen molar-refractivity contribution in [2.75, 3.05) is 13.7 Å². The summed E-state index contributed by atoms with van der Waals surface area (Å²) in [6.45, 7) is 0.779. The van der Waals surface area contributed by atoms with Crippen LogP contribution in [-0.2, 0) is 17.8 Å². The molecule has 4 rings (SSSR count). The standard InChI is InChI=1S/C22H27NO3S/c1-26-19-8-6-16(7-9-19)20-21-17(11-13-27-21)10-12-23(20)22(25)18-4-2-15(14-24)3-5-18/h2-5,11,13,16,19-20,24H,6-10,12,14H2,1H3. The van der Waals surface area contributed by atoms with Crippen LogP contribution < -0.4 is 0 Å². The van der Waals surface area contributed by atoms with E-state index in [1.165, 1.54) is 10.4 Å². The van der Waals surface area contributed by atoms with Gasteiger partial charge in [0.05, 0.1) is 18.8 Å². The number of aliphatic hydroxyl groups is 1. The van der Waals surface area contributed by atoms with Crippen LogP contribution in [0.15, 0.2) is 35.7 Å². The Balaban J connectivity index is 1.61. The van der Waals surface area contributed by atoms with Crippen LogP contribution in [0.4, 0.5) is 0 Å². The summed E-state index contributed by atoms with van der Waals surface area (Å²) in [5.74, 6) is 0.604. The Morgan fingerprint density at radius 1 is 1.19 bits per heavy atom. The highest BCUT2D eigenvalue weighted by Gasteiger charge is 2.39. The van der Waals surface area contributed by atoms with Gasteiger partial charge in [-0.15, -0.1) is 11.3 Å². The van der Waals surface area contributed by atoms with E-state index in [2.05, 4.69) is 16.3 Å². The molecule has 1 fully saturated rings. The number of hydrogen-bond acceptors (Lipinski definition) is 4. The molecule has 27 heavy (non-hydrogen) atoms. The number of ether oxygens (including phenoxy) is 1. The molecule has 0 radical (unpaired) electrons. The van der Waals surface area contributed by atoms with Crippen LogP contribution in [0.1, 0.15) is 58.1 Å². The average molecular weight is 386 g/mol. The SMILES string of the molecule is COC1CCC(C2c3sccc3CCN2C(=O)c2ccc(CO)cc2)CC1. The summed E-state index contributed by atoms with van der Waals surface area (Å²) in [6.07, 6.45) is 5.66. The van der Waals surface area contributed by atoms with Gasteiger partial charge in [0.15, 0.2) is 0 Å². The van der Waals surface area contributed by atoms with E-state index in [4.69, 9.17) is 4.74 Å². The first-order valence-corrected chi connectivity index (χ1v) is 10.7. The van der Waals surface area contributed by atoms with Gasteiger partial charge in [-0.1, -0.05) is 12.1 Å². The number of fused-ring (bicyclic) bond motifs is 1. The molecule has 1 aromatic carbocycles. The van der Waals surface area contributed by atoms with Gasteiger partial charge in [-0.2, -0.15) is 0 Å². The molecular formula is C22H27NO3S. The smallest absolute Gasteiger partial charge is 0.254 e. The molecule has 1 aromatic heterocycles. The minimum Gasteiger partial charge on any atom is -0.392 e. The first kappa shape index (κ1) is 18.7. The second-order valence-corrected chi connectivity index (χ2v) is 8.58. The molecule has 1 amide bonds. The van der Waals surface area contributed by atoms with Gasteiger partial charge < -0.3 is 14.7 Å². The van der Waals surface area contributed by atoms with E-state index < -0.39 is 0 Å². The maximum Gasteiger partial charge on any atom is 0.254 e. The van der Waals surface area contributed by atoms with Crippen LogP contribution >= 0.6 is 11.3 Å². The zero-order chi connectivity index (χ0) is 18.8. The summed E-state index contributed by atoms with van der Waals surface area (Å²) in [7, 11) is 1.80. The van der Waals surface area contributed by atoms with Crippen LogP contribution in [0, 0.1) is 5.92 Å². The number of carbonyl (C=O) groups is 1. The summed E-state index contributed by atoms with van der Waals surface area (Å²) < 4.78 is 5.55. The summed E-state index contributed by atoms with van der Waals surface area (Å²) >= 11 is 1.80. The van der Waals surface area contributed by atoms with Crippen molar-refractivity contribution in [3.05, 3.63) is 57.3 Å². The van der Waals surface area contributed by atoms with E-state index in [-0.39, 0.29) is 18.6 Å². The Morgan fingerprint density at radius 2 is 1.93 bits per heavy atom. The van der Waals surface area contributed by atoms with Crippen molar-refractivity contribution in [1.82, 2.24) is 4.90 Å². The Labute approximate surface area is 164 Å². The molecule has 1 aliphatic heterocycles. The minimum absolute atomic E-state index is 0.00209. The Morgan fingerprint density at radius 3 is 2.59 bits per heavy atom. The van der Waals surface area contributed by atoms with Crippen molar-refractivity contribution in [1.29, 1.82) is 0 Å². The largest absolute Gasteiger partial charge is 0.392 e. The summed E-state index contributed by atoms with van der Waals surface area (Å²) in [4.78, 5) is 16.8. The first-order chi connectivity index (χ1) is 13.2. The van der Waals surface area contributed by atoms with Crippen molar-refractivity contribution in [3.8, 4) is 0 Å². The molecular weight excluding hydrogens is 358 g/mol. The normalized spacial score (nSPS) is 25.3. The monoisotopic (exact) mass is 385 g/mol. The molecule has 2 heterocycles. The lowest BCUT2D eigenvalue weighted by atomic mass is 9.79. The van der Waals surface area contributed by atoms with Crippen molar-refractivity contribution in [2.24, 2.45) is 5.92 Å². The topological polar surface area (TPSA) is 49.8 Å². The van der Waals surface area contributed by atoms with E-state index in [0.717, 1.165) is 44.2 Å². The number of carbonyl (C=O) groups excluding carboxylic acids is 1. The van der Waals surface area contributed by atoms with Crippen molar-refractivity contribution < 1.29 is 14.6 Å². The summed E-state index contributed by atoms with van der Waals surface area (Å²) in [6, 6.07) is 9.77. The fourth-order valence-electron chi connectivity index (χ4n) is 4.59. The van der Waals surface area contributed by atoms with Gasteiger partial charge in [-0.3, -0.25) is 4.79 Å². The van der Waals surface area contributed by atoms with Gasteiger partial charge in [0.2, 0.25) is 0 Å². The van der Waals surface area contributed by atoms with Gasteiger partial charge in [0.25, 0.3) is 5.91 Å². The van der Waals surface area contributed by atoms with E-state index >= 15 is 0 Å². The highest BCUT2D eigenvalue weighted by molar-refractivity contribution is 7.10. The molecule has 2 aromatic rings. The molecule has 0 spiro atoms. The highest BCUT2D eigenvalue weighted by atomic mass is 32.1. The van der Waals surface area contributed by atoms with E-state index in [1.54, 1.807) is 18.4 Å². The Bertz CT molecular complexity index is 777. The molecule has 1 unspecified atom stereocenters. The van der Waals surface area contributed by atoms with Crippen molar-refractivity contribution in [3.63, 3.8) is 0 Å². The lowest BCUT2D eigenvalue weighted by Crippen LogP contribution is -2.43. The highest BCUT2D eigenvalue weighted by Crippen LogP contribution is 2.44. The maximum atomic E-state index is 13.3. The van der Waals surface area contributed by atoms with Gasteiger partial charge in [-0.25, -0.2) is 0 Å². The molecule has 0 bridgehead atoms. The Kier molecular flexibility index (Phi) is 5.62. The molecule has 0 saturated heterocycles. The lowest BCUT2D eigenvalue weighted by Gasteiger charge is -2.42. The fraction of sp³-hybridized carbons (Fsp3) is 0.500. The second kappa shape index (κ2) is 8.13. The molecule has 1 atom stereocenters. The number of thiophene rings is 1. The number of amides is 1. The third-order valence-corrected chi connectivity index (χ3v) is 7.18. The molecule has 1 saturated carbocycles. The second-order valence-electron chi connectivity index (χ2n) is 7.63. The van der Waals surface area contributed by atoms with Crippen LogP contribution in [0.2, 0.25) is 0 Å². The Hall–Kier alpha value is -1.69. The predicted octanol–water partition coefficient (Wildman–Crippen LogP) is 4.19. The van der Waals surface area contributed by atoms with Gasteiger partial charge in [0, 0.05) is 24.1 Å². The third-order valence-electron chi connectivity index (χ3n) is 6.15. The zero-order valence-corrected chi connectivity index (χ0v) is 16.6. The average Bonchev–Trinajstić information content (AvgIpc) is 3.21. The molecule has 2 aliphatic rings. The minimum atomic E-state index is 0.00209. The number of aliphatic hydroxyl groups excluding tert-OH is 1. The third kappa shape index (κ3) is 3.68. The number of rotatable bonds is 4. The quantitative estimate of drug-likeness (QED) is 0.859. The number of hydrogen-bond donors (Lipinski definition) is 1. The lowest BCUT2D eigenvalue weighted by molar-refractivity contribution is 0.0275. The van der Waals surface area contributed by atoms with Crippen LogP contribution in [0.25, 0.3) is 0 Å². The first-order valence-electron chi connectivity index (χ1n) is 9.81. The number of methoxy groups -OCH3 is 1. The van der Waals surface area contributed by atoms with E-state index in [9.17, 15) is 9.90 Å². The summed E-state index contributed by atoms with van der Waals surface area (Å²) in [5.41, 5.74) is 2.96. The van der Waals surface area contributed by atoms with E-state index in [1.807, 2.05) is 24.3 Å². The molecule has 5 heteroatoms. The van der Waals surface area contributed by atoms with Crippen LogP contribution in [0.3, 0.4) is 0 Å². The number of nitrogens with zero attached hydrogens (tertiary/aromatic N) is 1. The van der Waals surface area contributed by atoms with Crippen molar-refractivity contribution >= 4 is 17.2 Å². The maximum absolute atomic E-state index is 13.3. The van der Waals surface area contributed by atoms with Gasteiger partial charge >= 0.3 is 0 Å². The fourth-order valence-corrected chi connectivity index (χ4v) is 5.75. The van der Waals surface area contributed by atoms with Gasteiger partial charge in [0.1, 0.15) is 0 Å². The van der Waals surface area contributed by atoms with Crippen LogP contribution in [0.5, 0.6) is 0 Å².